The van der Waals surface area contributed by atoms with Gasteiger partial charge in [-0.25, -0.2) is 8.42 Å². The Morgan fingerprint density at radius 1 is 1.19 bits per heavy atom. The fourth-order valence-electron chi connectivity index (χ4n) is 3.20. The van der Waals surface area contributed by atoms with E-state index in [0.29, 0.717) is 11.4 Å². The molecular weight excluding hydrogens is 364 g/mol. The lowest BCUT2D eigenvalue weighted by Crippen LogP contribution is -2.48. The molecule has 0 bridgehead atoms. The zero-order valence-electron chi connectivity index (χ0n) is 15.9. The summed E-state index contributed by atoms with van der Waals surface area (Å²) in [6, 6.07) is 12.7. The number of carbonyl (C=O) groups excluding carboxylic acids is 1. The van der Waals surface area contributed by atoms with Gasteiger partial charge in [-0.3, -0.25) is 9.10 Å². The molecule has 0 unspecified atom stereocenters. The molecule has 0 saturated heterocycles. The maximum absolute atomic E-state index is 12.9. The van der Waals surface area contributed by atoms with Gasteiger partial charge in [0, 0.05) is 5.69 Å². The summed E-state index contributed by atoms with van der Waals surface area (Å²) in [5.41, 5.74) is 3.18. The minimum absolute atomic E-state index is 0.0649. The molecule has 6 nitrogen and oxygen atoms in total. The third kappa shape index (κ3) is 3.93. The lowest BCUT2D eigenvalue weighted by Gasteiger charge is -2.34. The van der Waals surface area contributed by atoms with Gasteiger partial charge in [-0.2, -0.15) is 0 Å². The molecule has 0 fully saturated rings. The van der Waals surface area contributed by atoms with E-state index in [2.05, 4.69) is 19.2 Å². The van der Waals surface area contributed by atoms with Gasteiger partial charge < -0.3 is 10.1 Å². The van der Waals surface area contributed by atoms with Crippen LogP contribution >= 0.6 is 0 Å². The van der Waals surface area contributed by atoms with Gasteiger partial charge in [-0.05, 0) is 36.1 Å². The summed E-state index contributed by atoms with van der Waals surface area (Å²) in [6.07, 6.45) is 0.191. The maximum Gasteiger partial charge on any atom is 0.267 e. The van der Waals surface area contributed by atoms with Crippen LogP contribution in [0.1, 0.15) is 30.9 Å². The molecule has 1 heterocycles. The highest BCUT2D eigenvalue weighted by molar-refractivity contribution is 7.92. The molecule has 0 aromatic heterocycles. The van der Waals surface area contributed by atoms with Gasteiger partial charge in [-0.1, -0.05) is 44.2 Å². The topological polar surface area (TPSA) is 75.7 Å². The van der Waals surface area contributed by atoms with E-state index >= 15 is 0 Å². The summed E-state index contributed by atoms with van der Waals surface area (Å²) in [5.74, 6) is 0.248. The van der Waals surface area contributed by atoms with Crippen LogP contribution in [0, 0.1) is 6.92 Å². The van der Waals surface area contributed by atoms with E-state index in [9.17, 15) is 13.2 Å². The van der Waals surface area contributed by atoms with Gasteiger partial charge in [-0.15, -0.1) is 0 Å². The number of benzene rings is 2. The zero-order valence-corrected chi connectivity index (χ0v) is 16.7. The average Bonchev–Trinajstić information content (AvgIpc) is 2.61. The number of nitrogens with zero attached hydrogens (tertiary/aromatic N) is 1. The van der Waals surface area contributed by atoms with Crippen molar-refractivity contribution in [3.63, 3.8) is 0 Å². The quantitative estimate of drug-likeness (QED) is 0.872. The Labute approximate surface area is 160 Å². The number of ether oxygens (including phenoxy) is 1. The van der Waals surface area contributed by atoms with Crippen molar-refractivity contribution in [2.24, 2.45) is 0 Å². The van der Waals surface area contributed by atoms with Crippen LogP contribution in [0.5, 0.6) is 5.75 Å². The standard InChI is InChI=1S/C20H24N2O4S/c1-13(2)15-9-7-8-14(3)19(15)21-20(23)18-12-22(27(4,24)25)16-10-5-6-11-17(16)26-18/h5-11,13,18H,12H2,1-4H3,(H,21,23)/t18-/m0/s1. The second kappa shape index (κ2) is 7.23. The number of carbonyl (C=O) groups is 1. The number of hydrogen-bond acceptors (Lipinski definition) is 4. The summed E-state index contributed by atoms with van der Waals surface area (Å²) in [6.45, 7) is 5.98. The molecule has 1 atom stereocenters. The number of hydrogen-bond donors (Lipinski definition) is 1. The Hall–Kier alpha value is -2.54. The molecule has 0 saturated carbocycles. The van der Waals surface area contributed by atoms with Crippen LogP contribution in [-0.2, 0) is 14.8 Å². The molecule has 1 amide bonds. The first-order valence-corrected chi connectivity index (χ1v) is 10.7. The Morgan fingerprint density at radius 3 is 2.56 bits per heavy atom. The number of rotatable bonds is 4. The molecular formula is C20H24N2O4S. The normalized spacial score (nSPS) is 16.6. The van der Waals surface area contributed by atoms with E-state index in [-0.39, 0.29) is 18.4 Å². The minimum Gasteiger partial charge on any atom is -0.476 e. The number of anilines is 2. The molecule has 0 aliphatic carbocycles. The third-order valence-corrected chi connectivity index (χ3v) is 5.75. The highest BCUT2D eigenvalue weighted by Gasteiger charge is 2.35. The summed E-state index contributed by atoms with van der Waals surface area (Å²) in [4.78, 5) is 12.9. The van der Waals surface area contributed by atoms with Crippen LogP contribution < -0.4 is 14.4 Å². The van der Waals surface area contributed by atoms with Gasteiger partial charge in [0.1, 0.15) is 5.75 Å². The van der Waals surface area contributed by atoms with Crippen molar-refractivity contribution >= 4 is 27.3 Å². The largest absolute Gasteiger partial charge is 0.476 e. The molecule has 2 aromatic rings. The average molecular weight is 388 g/mol. The molecule has 1 aliphatic rings. The van der Waals surface area contributed by atoms with Crippen molar-refractivity contribution in [3.05, 3.63) is 53.6 Å². The predicted octanol–water partition coefficient (Wildman–Crippen LogP) is 3.28. The van der Waals surface area contributed by atoms with Crippen molar-refractivity contribution in [1.82, 2.24) is 0 Å². The zero-order chi connectivity index (χ0) is 19.8. The maximum atomic E-state index is 12.9. The minimum atomic E-state index is -3.54. The van der Waals surface area contributed by atoms with Gasteiger partial charge in [0.2, 0.25) is 10.0 Å². The molecule has 27 heavy (non-hydrogen) atoms. The van der Waals surface area contributed by atoms with E-state index in [1.54, 1.807) is 24.3 Å². The van der Waals surface area contributed by atoms with Crippen LogP contribution in [0.2, 0.25) is 0 Å². The third-order valence-electron chi connectivity index (χ3n) is 4.60. The van der Waals surface area contributed by atoms with E-state index in [1.165, 1.54) is 4.31 Å². The summed E-state index contributed by atoms with van der Waals surface area (Å²) >= 11 is 0. The Balaban J connectivity index is 1.91. The second-order valence-corrected chi connectivity index (χ2v) is 8.96. The second-order valence-electron chi connectivity index (χ2n) is 7.05. The van der Waals surface area contributed by atoms with Crippen LogP contribution in [0.3, 0.4) is 0 Å². The number of fused-ring (bicyclic) bond motifs is 1. The van der Waals surface area contributed by atoms with Crippen LogP contribution in [0.4, 0.5) is 11.4 Å². The Morgan fingerprint density at radius 2 is 1.89 bits per heavy atom. The molecule has 7 heteroatoms. The van der Waals surface area contributed by atoms with Crippen molar-refractivity contribution in [1.29, 1.82) is 0 Å². The monoisotopic (exact) mass is 388 g/mol. The summed E-state index contributed by atoms with van der Waals surface area (Å²) in [5, 5.41) is 2.95. The van der Waals surface area contributed by atoms with Crippen molar-refractivity contribution in [2.75, 3.05) is 22.4 Å². The Kier molecular flexibility index (Phi) is 5.15. The van der Waals surface area contributed by atoms with Crippen LogP contribution in [-0.4, -0.2) is 33.2 Å². The fourth-order valence-corrected chi connectivity index (χ4v) is 4.11. The summed E-state index contributed by atoms with van der Waals surface area (Å²) < 4.78 is 31.5. The number of nitrogens with one attached hydrogen (secondary N) is 1. The summed E-state index contributed by atoms with van der Waals surface area (Å²) in [7, 11) is -3.54. The first-order valence-electron chi connectivity index (χ1n) is 8.82. The molecule has 1 N–H and O–H groups in total. The first kappa shape index (κ1) is 19.2. The van der Waals surface area contributed by atoms with Gasteiger partial charge in [0.05, 0.1) is 18.5 Å². The van der Waals surface area contributed by atoms with E-state index in [0.717, 1.165) is 23.1 Å². The molecule has 144 valence electrons. The van der Waals surface area contributed by atoms with Crippen molar-refractivity contribution in [3.8, 4) is 5.75 Å². The van der Waals surface area contributed by atoms with Gasteiger partial charge in [0.15, 0.2) is 6.10 Å². The first-order chi connectivity index (χ1) is 12.7. The number of para-hydroxylation sites is 3. The lowest BCUT2D eigenvalue weighted by molar-refractivity contribution is -0.122. The van der Waals surface area contributed by atoms with Crippen LogP contribution in [0.25, 0.3) is 0 Å². The van der Waals surface area contributed by atoms with E-state index in [4.69, 9.17) is 4.74 Å². The van der Waals surface area contributed by atoms with Crippen molar-refractivity contribution < 1.29 is 17.9 Å². The van der Waals surface area contributed by atoms with Crippen molar-refractivity contribution in [2.45, 2.75) is 32.8 Å². The number of sulfonamides is 1. The number of aryl methyl sites for hydroxylation is 1. The fraction of sp³-hybridized carbons (Fsp3) is 0.350. The van der Waals surface area contributed by atoms with E-state index in [1.807, 2.05) is 25.1 Å². The SMILES string of the molecule is Cc1cccc(C(C)C)c1NC(=O)[C@@H]1CN(S(C)(=O)=O)c2ccccc2O1. The van der Waals surface area contributed by atoms with Crippen LogP contribution in [0.15, 0.2) is 42.5 Å². The molecule has 2 aromatic carbocycles. The highest BCUT2D eigenvalue weighted by atomic mass is 32.2. The van der Waals surface area contributed by atoms with Gasteiger partial charge in [0.25, 0.3) is 5.91 Å². The van der Waals surface area contributed by atoms with Gasteiger partial charge >= 0.3 is 0 Å². The molecule has 3 rings (SSSR count). The molecule has 1 aliphatic heterocycles. The predicted molar refractivity (Wildman–Crippen MR) is 107 cm³/mol. The smallest absolute Gasteiger partial charge is 0.267 e. The van der Waals surface area contributed by atoms with E-state index < -0.39 is 16.1 Å². The number of amides is 1. The highest BCUT2D eigenvalue weighted by Crippen LogP contribution is 2.35. The molecule has 0 radical (unpaired) electrons. The lowest BCUT2D eigenvalue weighted by atomic mass is 9.98. The molecule has 0 spiro atoms. The Bertz CT molecular complexity index is 970.